The van der Waals surface area contributed by atoms with Crippen molar-refractivity contribution in [3.63, 3.8) is 0 Å². The van der Waals surface area contributed by atoms with Gasteiger partial charge in [0, 0.05) is 25.3 Å². The first-order valence-electron chi connectivity index (χ1n) is 5.88. The van der Waals surface area contributed by atoms with E-state index in [4.69, 9.17) is 5.73 Å². The van der Waals surface area contributed by atoms with Gasteiger partial charge in [-0.3, -0.25) is 0 Å². The lowest BCUT2D eigenvalue weighted by molar-refractivity contribution is 0.762. The van der Waals surface area contributed by atoms with Gasteiger partial charge in [0.1, 0.15) is 0 Å². The van der Waals surface area contributed by atoms with Gasteiger partial charge in [0.15, 0.2) is 0 Å². The van der Waals surface area contributed by atoms with Crippen molar-refractivity contribution in [3.05, 3.63) is 30.3 Å². The van der Waals surface area contributed by atoms with Crippen molar-refractivity contribution >= 4 is 5.69 Å². The molecule has 15 heavy (non-hydrogen) atoms. The summed E-state index contributed by atoms with van der Waals surface area (Å²) in [5, 5.41) is 0. The Morgan fingerprint density at radius 1 is 1.07 bits per heavy atom. The van der Waals surface area contributed by atoms with E-state index in [0.717, 1.165) is 26.1 Å². The molecule has 2 heteroatoms. The average Bonchev–Trinajstić information content (AvgIpc) is 2.33. The predicted molar refractivity (Wildman–Crippen MR) is 69.3 cm³/mol. The minimum atomic E-state index is 0.717. The number of benzene rings is 1. The summed E-state index contributed by atoms with van der Waals surface area (Å²) >= 11 is 0. The molecule has 0 aliphatic carbocycles. The van der Waals surface area contributed by atoms with Crippen LogP contribution in [0, 0.1) is 0 Å². The fraction of sp³-hybridized carbons (Fsp3) is 0.538. The van der Waals surface area contributed by atoms with E-state index in [2.05, 4.69) is 36.1 Å². The number of rotatable bonds is 5. The Labute approximate surface area is 94.1 Å². The highest BCUT2D eigenvalue weighted by molar-refractivity contribution is 5.45. The van der Waals surface area contributed by atoms with E-state index in [9.17, 15) is 0 Å². The van der Waals surface area contributed by atoms with Gasteiger partial charge in [-0.25, -0.2) is 0 Å². The SMILES string of the molecule is CC.CCCN(CCN)c1ccccc1. The van der Waals surface area contributed by atoms with Crippen LogP contribution >= 0.6 is 0 Å². The topological polar surface area (TPSA) is 29.3 Å². The monoisotopic (exact) mass is 208 g/mol. The molecule has 0 saturated heterocycles. The molecular weight excluding hydrogens is 184 g/mol. The van der Waals surface area contributed by atoms with Crippen molar-refractivity contribution in [1.29, 1.82) is 0 Å². The molecule has 1 rings (SSSR count). The van der Waals surface area contributed by atoms with Gasteiger partial charge in [-0.1, -0.05) is 39.0 Å². The Hall–Kier alpha value is -1.02. The summed E-state index contributed by atoms with van der Waals surface area (Å²) < 4.78 is 0. The zero-order valence-electron chi connectivity index (χ0n) is 10.2. The third-order valence-corrected chi connectivity index (χ3v) is 2.01. The Morgan fingerprint density at radius 3 is 2.13 bits per heavy atom. The number of para-hydroxylation sites is 1. The van der Waals surface area contributed by atoms with E-state index in [-0.39, 0.29) is 0 Å². The summed E-state index contributed by atoms with van der Waals surface area (Å²) in [6.45, 7) is 8.93. The van der Waals surface area contributed by atoms with E-state index in [1.165, 1.54) is 5.69 Å². The molecule has 2 N–H and O–H groups in total. The van der Waals surface area contributed by atoms with Gasteiger partial charge in [0.25, 0.3) is 0 Å². The molecule has 0 unspecified atom stereocenters. The van der Waals surface area contributed by atoms with Crippen LogP contribution in [-0.2, 0) is 0 Å². The minimum Gasteiger partial charge on any atom is -0.370 e. The Kier molecular flexibility index (Phi) is 8.88. The van der Waals surface area contributed by atoms with Crippen molar-refractivity contribution in [2.75, 3.05) is 24.5 Å². The van der Waals surface area contributed by atoms with Gasteiger partial charge < -0.3 is 10.6 Å². The summed E-state index contributed by atoms with van der Waals surface area (Å²) in [6.07, 6.45) is 1.16. The number of anilines is 1. The number of hydrogen-bond donors (Lipinski definition) is 1. The molecular formula is C13H24N2. The van der Waals surface area contributed by atoms with Crippen LogP contribution in [0.2, 0.25) is 0 Å². The Bertz CT molecular complexity index is 215. The molecule has 1 aromatic carbocycles. The lowest BCUT2D eigenvalue weighted by atomic mass is 10.2. The quantitative estimate of drug-likeness (QED) is 0.806. The first-order chi connectivity index (χ1) is 7.38. The normalized spacial score (nSPS) is 9.07. The maximum absolute atomic E-state index is 5.56. The second-order valence-corrected chi connectivity index (χ2v) is 3.11. The smallest absolute Gasteiger partial charge is 0.0366 e. The largest absolute Gasteiger partial charge is 0.370 e. The van der Waals surface area contributed by atoms with Crippen molar-refractivity contribution in [1.82, 2.24) is 0 Å². The van der Waals surface area contributed by atoms with Crippen LogP contribution in [0.3, 0.4) is 0 Å². The fourth-order valence-corrected chi connectivity index (χ4v) is 1.43. The third kappa shape index (κ3) is 5.43. The zero-order chi connectivity index (χ0) is 11.5. The van der Waals surface area contributed by atoms with Crippen molar-refractivity contribution in [2.24, 2.45) is 5.73 Å². The Morgan fingerprint density at radius 2 is 1.67 bits per heavy atom. The highest BCUT2D eigenvalue weighted by atomic mass is 15.1. The van der Waals surface area contributed by atoms with Crippen LogP contribution in [0.5, 0.6) is 0 Å². The second kappa shape index (κ2) is 9.53. The van der Waals surface area contributed by atoms with Crippen LogP contribution in [0.1, 0.15) is 27.2 Å². The fourth-order valence-electron chi connectivity index (χ4n) is 1.43. The molecule has 0 spiro atoms. The van der Waals surface area contributed by atoms with Crippen LogP contribution < -0.4 is 10.6 Å². The predicted octanol–water partition coefficient (Wildman–Crippen LogP) is 2.89. The van der Waals surface area contributed by atoms with E-state index in [1.54, 1.807) is 0 Å². The third-order valence-electron chi connectivity index (χ3n) is 2.01. The highest BCUT2D eigenvalue weighted by Crippen LogP contribution is 2.12. The molecule has 0 fully saturated rings. The zero-order valence-corrected chi connectivity index (χ0v) is 10.2. The average molecular weight is 208 g/mol. The van der Waals surface area contributed by atoms with Gasteiger partial charge in [0.05, 0.1) is 0 Å². The first kappa shape index (κ1) is 14.0. The van der Waals surface area contributed by atoms with Crippen LogP contribution in [0.25, 0.3) is 0 Å². The van der Waals surface area contributed by atoms with Crippen LogP contribution in [0.15, 0.2) is 30.3 Å². The van der Waals surface area contributed by atoms with Gasteiger partial charge in [-0.05, 0) is 18.6 Å². The lowest BCUT2D eigenvalue weighted by Crippen LogP contribution is -2.29. The van der Waals surface area contributed by atoms with E-state index < -0.39 is 0 Å². The van der Waals surface area contributed by atoms with Gasteiger partial charge >= 0.3 is 0 Å². The molecule has 0 heterocycles. The molecule has 0 aliphatic rings. The Balaban J connectivity index is 0.000000921. The molecule has 0 atom stereocenters. The summed E-state index contributed by atoms with van der Waals surface area (Å²) in [6, 6.07) is 10.4. The van der Waals surface area contributed by atoms with E-state index in [1.807, 2.05) is 19.9 Å². The summed E-state index contributed by atoms with van der Waals surface area (Å²) in [7, 11) is 0. The number of nitrogens with zero attached hydrogens (tertiary/aromatic N) is 1. The first-order valence-corrected chi connectivity index (χ1v) is 5.88. The van der Waals surface area contributed by atoms with E-state index >= 15 is 0 Å². The summed E-state index contributed by atoms with van der Waals surface area (Å²) in [5.74, 6) is 0. The molecule has 1 aromatic rings. The van der Waals surface area contributed by atoms with Gasteiger partial charge in [0.2, 0.25) is 0 Å². The van der Waals surface area contributed by atoms with Crippen molar-refractivity contribution in [3.8, 4) is 0 Å². The van der Waals surface area contributed by atoms with E-state index in [0.29, 0.717) is 0 Å². The standard InChI is InChI=1S/C11H18N2.C2H6/c1-2-9-13(10-8-12)11-6-4-3-5-7-11;1-2/h3-7H,2,8-10,12H2,1H3;1-2H3. The lowest BCUT2D eigenvalue weighted by Gasteiger charge is -2.23. The van der Waals surface area contributed by atoms with Crippen molar-refractivity contribution < 1.29 is 0 Å². The molecule has 0 saturated carbocycles. The maximum atomic E-state index is 5.56. The molecule has 2 nitrogen and oxygen atoms in total. The molecule has 0 radical (unpaired) electrons. The number of nitrogens with two attached hydrogens (primary N) is 1. The molecule has 86 valence electrons. The molecule has 0 aliphatic heterocycles. The van der Waals surface area contributed by atoms with Gasteiger partial charge in [-0.2, -0.15) is 0 Å². The van der Waals surface area contributed by atoms with Gasteiger partial charge in [-0.15, -0.1) is 0 Å². The second-order valence-electron chi connectivity index (χ2n) is 3.11. The van der Waals surface area contributed by atoms with Crippen LogP contribution in [-0.4, -0.2) is 19.6 Å². The van der Waals surface area contributed by atoms with Crippen molar-refractivity contribution in [2.45, 2.75) is 27.2 Å². The maximum Gasteiger partial charge on any atom is 0.0366 e. The summed E-state index contributed by atoms with van der Waals surface area (Å²) in [5.41, 5.74) is 6.83. The molecule has 0 aromatic heterocycles. The molecule has 0 amide bonds. The highest BCUT2D eigenvalue weighted by Gasteiger charge is 2.01. The number of hydrogen-bond acceptors (Lipinski definition) is 2. The summed E-state index contributed by atoms with van der Waals surface area (Å²) in [4.78, 5) is 2.32. The minimum absolute atomic E-state index is 0.717. The molecule has 0 bridgehead atoms. The van der Waals surface area contributed by atoms with Crippen LogP contribution in [0.4, 0.5) is 5.69 Å².